The van der Waals surface area contributed by atoms with Crippen molar-refractivity contribution < 1.29 is 4.79 Å². The molecule has 0 N–H and O–H groups in total. The highest BCUT2D eigenvalue weighted by molar-refractivity contribution is 5.87. The van der Waals surface area contributed by atoms with Gasteiger partial charge in [-0.15, -0.1) is 0 Å². The summed E-state index contributed by atoms with van der Waals surface area (Å²) < 4.78 is 0. The van der Waals surface area contributed by atoms with Gasteiger partial charge in [0.1, 0.15) is 0 Å². The van der Waals surface area contributed by atoms with E-state index < -0.39 is 0 Å². The standard InChI is InChI=1S/C14H20O/c1-10(15)5-4-6-13-11-7-8-12(9-11)14(13,2)3/h4-6,11-12H,7-9H2,1-3H3/b5-4+,13-6-. The van der Waals surface area contributed by atoms with Crippen molar-refractivity contribution >= 4 is 5.78 Å². The van der Waals surface area contributed by atoms with E-state index >= 15 is 0 Å². The Morgan fingerprint density at radius 2 is 2.13 bits per heavy atom. The second-order valence-electron chi connectivity index (χ2n) is 5.52. The van der Waals surface area contributed by atoms with Crippen LogP contribution in [0, 0.1) is 17.3 Å². The maximum Gasteiger partial charge on any atom is 0.152 e. The van der Waals surface area contributed by atoms with Crippen LogP contribution >= 0.6 is 0 Å². The molecule has 2 fully saturated rings. The lowest BCUT2D eigenvalue weighted by molar-refractivity contribution is -0.112. The SMILES string of the molecule is CC(=O)/C=C/C=C1/C2CCC(C2)C1(C)C. The number of carbonyl (C=O) groups is 1. The van der Waals surface area contributed by atoms with Crippen LogP contribution in [0.2, 0.25) is 0 Å². The van der Waals surface area contributed by atoms with E-state index in [0.717, 1.165) is 11.8 Å². The third-order valence-corrected chi connectivity index (χ3v) is 4.24. The molecule has 0 aromatic rings. The Bertz CT molecular complexity index is 333. The van der Waals surface area contributed by atoms with Crippen LogP contribution in [0.3, 0.4) is 0 Å². The molecule has 2 aliphatic rings. The number of rotatable bonds is 2. The van der Waals surface area contributed by atoms with Gasteiger partial charge in [-0.25, -0.2) is 0 Å². The van der Waals surface area contributed by atoms with Crippen LogP contribution in [0.15, 0.2) is 23.8 Å². The summed E-state index contributed by atoms with van der Waals surface area (Å²) in [6.45, 7) is 6.30. The summed E-state index contributed by atoms with van der Waals surface area (Å²) >= 11 is 0. The maximum absolute atomic E-state index is 10.8. The Morgan fingerprint density at radius 1 is 1.40 bits per heavy atom. The Labute approximate surface area is 92.3 Å². The fourth-order valence-corrected chi connectivity index (χ4v) is 3.32. The van der Waals surface area contributed by atoms with Gasteiger partial charge in [0, 0.05) is 0 Å². The van der Waals surface area contributed by atoms with E-state index in [4.69, 9.17) is 0 Å². The first-order valence-corrected chi connectivity index (χ1v) is 5.91. The number of fused-ring (bicyclic) bond motifs is 2. The van der Waals surface area contributed by atoms with Crippen molar-refractivity contribution in [2.24, 2.45) is 17.3 Å². The van der Waals surface area contributed by atoms with Crippen molar-refractivity contribution in [3.05, 3.63) is 23.8 Å². The van der Waals surface area contributed by atoms with E-state index in [1.807, 2.05) is 6.08 Å². The summed E-state index contributed by atoms with van der Waals surface area (Å²) in [7, 11) is 0. The molecule has 1 heteroatoms. The highest BCUT2D eigenvalue weighted by Crippen LogP contribution is 2.58. The first-order chi connectivity index (χ1) is 7.01. The second kappa shape index (κ2) is 3.62. The number of ketones is 1. The Morgan fingerprint density at radius 3 is 2.67 bits per heavy atom. The molecule has 2 aliphatic carbocycles. The smallest absolute Gasteiger partial charge is 0.152 e. The normalized spacial score (nSPS) is 35.5. The van der Waals surface area contributed by atoms with Gasteiger partial charge in [-0.1, -0.05) is 31.6 Å². The van der Waals surface area contributed by atoms with Gasteiger partial charge in [-0.05, 0) is 49.5 Å². The first kappa shape index (κ1) is 10.7. The van der Waals surface area contributed by atoms with Crippen LogP contribution in [-0.2, 0) is 4.79 Å². The summed E-state index contributed by atoms with van der Waals surface area (Å²) in [5.41, 5.74) is 1.93. The molecule has 2 atom stereocenters. The molecule has 0 aliphatic heterocycles. The zero-order valence-electron chi connectivity index (χ0n) is 9.92. The van der Waals surface area contributed by atoms with Crippen molar-refractivity contribution in [1.29, 1.82) is 0 Å². The largest absolute Gasteiger partial charge is 0.295 e. The Hall–Kier alpha value is -0.850. The summed E-state index contributed by atoms with van der Waals surface area (Å²) in [5.74, 6) is 1.80. The van der Waals surface area contributed by atoms with E-state index in [2.05, 4.69) is 19.9 Å². The quantitative estimate of drug-likeness (QED) is 0.629. The Balaban J connectivity index is 2.18. The van der Waals surface area contributed by atoms with Crippen LogP contribution in [0.4, 0.5) is 0 Å². The van der Waals surface area contributed by atoms with Crippen LogP contribution in [0.25, 0.3) is 0 Å². The van der Waals surface area contributed by atoms with E-state index in [1.165, 1.54) is 19.3 Å². The summed E-state index contributed by atoms with van der Waals surface area (Å²) in [4.78, 5) is 10.8. The van der Waals surface area contributed by atoms with Crippen LogP contribution in [-0.4, -0.2) is 5.78 Å². The summed E-state index contributed by atoms with van der Waals surface area (Å²) in [5, 5.41) is 0. The molecule has 2 saturated carbocycles. The van der Waals surface area contributed by atoms with Crippen LogP contribution < -0.4 is 0 Å². The van der Waals surface area contributed by atoms with Gasteiger partial charge in [0.25, 0.3) is 0 Å². The van der Waals surface area contributed by atoms with E-state index in [9.17, 15) is 4.79 Å². The predicted octanol–water partition coefficient (Wildman–Crippen LogP) is 3.51. The lowest BCUT2D eigenvalue weighted by atomic mass is 9.72. The van der Waals surface area contributed by atoms with E-state index in [1.54, 1.807) is 18.6 Å². The molecule has 0 radical (unpaired) electrons. The van der Waals surface area contributed by atoms with Gasteiger partial charge < -0.3 is 0 Å². The van der Waals surface area contributed by atoms with Gasteiger partial charge in [0.15, 0.2) is 5.78 Å². The van der Waals surface area contributed by atoms with E-state index in [0.29, 0.717) is 5.41 Å². The molecule has 2 rings (SSSR count). The topological polar surface area (TPSA) is 17.1 Å². The average Bonchev–Trinajstić information content (AvgIpc) is 2.66. The molecular formula is C14H20O. The second-order valence-corrected chi connectivity index (χ2v) is 5.52. The molecule has 0 heterocycles. The van der Waals surface area contributed by atoms with Crippen LogP contribution in [0.5, 0.6) is 0 Å². The summed E-state index contributed by atoms with van der Waals surface area (Å²) in [6, 6.07) is 0. The molecular weight excluding hydrogens is 184 g/mol. The lowest BCUT2D eigenvalue weighted by Crippen LogP contribution is -2.22. The molecule has 1 nitrogen and oxygen atoms in total. The zero-order valence-corrected chi connectivity index (χ0v) is 9.92. The van der Waals surface area contributed by atoms with Crippen molar-refractivity contribution in [1.82, 2.24) is 0 Å². The third-order valence-electron chi connectivity index (χ3n) is 4.24. The highest BCUT2D eigenvalue weighted by atomic mass is 16.1. The third kappa shape index (κ3) is 1.80. The molecule has 2 bridgehead atoms. The number of allylic oxidation sites excluding steroid dienone is 4. The van der Waals surface area contributed by atoms with Crippen molar-refractivity contribution in [3.8, 4) is 0 Å². The van der Waals surface area contributed by atoms with E-state index in [-0.39, 0.29) is 5.78 Å². The van der Waals surface area contributed by atoms with Crippen LogP contribution in [0.1, 0.15) is 40.0 Å². The van der Waals surface area contributed by atoms with Gasteiger partial charge in [-0.2, -0.15) is 0 Å². The monoisotopic (exact) mass is 204 g/mol. The van der Waals surface area contributed by atoms with Gasteiger partial charge in [0.2, 0.25) is 0 Å². The highest BCUT2D eigenvalue weighted by Gasteiger charge is 2.48. The molecule has 82 valence electrons. The Kier molecular flexibility index (Phi) is 2.57. The molecule has 0 amide bonds. The summed E-state index contributed by atoms with van der Waals surface area (Å²) in [6.07, 6.45) is 9.90. The molecule has 0 aromatic heterocycles. The molecule has 15 heavy (non-hydrogen) atoms. The predicted molar refractivity (Wildman–Crippen MR) is 62.5 cm³/mol. The van der Waals surface area contributed by atoms with Crippen molar-refractivity contribution in [3.63, 3.8) is 0 Å². The molecule has 0 spiro atoms. The number of hydrogen-bond donors (Lipinski definition) is 0. The molecule has 2 unspecified atom stereocenters. The average molecular weight is 204 g/mol. The molecule has 0 aromatic carbocycles. The molecule has 0 saturated heterocycles. The van der Waals surface area contributed by atoms with Crippen molar-refractivity contribution in [2.75, 3.05) is 0 Å². The van der Waals surface area contributed by atoms with Gasteiger partial charge in [-0.3, -0.25) is 4.79 Å². The number of carbonyl (C=O) groups excluding carboxylic acids is 1. The first-order valence-electron chi connectivity index (χ1n) is 5.91. The minimum Gasteiger partial charge on any atom is -0.295 e. The van der Waals surface area contributed by atoms with Crippen molar-refractivity contribution in [2.45, 2.75) is 40.0 Å². The number of hydrogen-bond acceptors (Lipinski definition) is 1. The zero-order chi connectivity index (χ0) is 11.1. The van der Waals surface area contributed by atoms with Gasteiger partial charge in [0.05, 0.1) is 0 Å². The minimum absolute atomic E-state index is 0.132. The fraction of sp³-hybridized carbons (Fsp3) is 0.643. The minimum atomic E-state index is 0.132. The lowest BCUT2D eigenvalue weighted by Gasteiger charge is -2.32. The maximum atomic E-state index is 10.8. The van der Waals surface area contributed by atoms with Gasteiger partial charge >= 0.3 is 0 Å². The fourth-order valence-electron chi connectivity index (χ4n) is 3.32.